The van der Waals surface area contributed by atoms with Crippen molar-refractivity contribution >= 4 is 57.1 Å². The molecule has 0 unspecified atom stereocenters. The number of carboxylic acid groups (broad SMARTS) is 1. The third kappa shape index (κ3) is 5.13. The molecule has 0 saturated carbocycles. The van der Waals surface area contributed by atoms with E-state index in [1.807, 2.05) is 18.3 Å². The number of thiophene rings is 1. The number of pyridine rings is 1. The van der Waals surface area contributed by atoms with Crippen LogP contribution in [0.25, 0.3) is 21.3 Å². The Hall–Kier alpha value is -3.05. The predicted octanol–water partition coefficient (Wildman–Crippen LogP) is 3.40. The zero-order valence-corrected chi connectivity index (χ0v) is 22.4. The predicted molar refractivity (Wildman–Crippen MR) is 147 cm³/mol. The number of β-amino-alcohol motifs (C(OH)–C–C–N with tert-alkyl or cyclic N) is 1. The Labute approximate surface area is 229 Å². The lowest BCUT2D eigenvalue weighted by Gasteiger charge is -2.48. The third-order valence-electron chi connectivity index (χ3n) is 7.30. The largest absolute Gasteiger partial charge is 0.483 e. The number of likely N-dealkylation sites (tertiary alicyclic amines) is 2. The summed E-state index contributed by atoms with van der Waals surface area (Å²) in [6.07, 6.45) is 4.52. The lowest BCUT2D eigenvalue weighted by molar-refractivity contribution is -0.139. The van der Waals surface area contributed by atoms with E-state index >= 15 is 0 Å². The molecular weight excluding hydrogens is 528 g/mol. The molecule has 2 aromatic heterocycles. The number of carbonyl (C=O) groups excluding carboxylic acids is 2. The van der Waals surface area contributed by atoms with Gasteiger partial charge >= 0.3 is 0 Å². The number of hydrogen-bond acceptors (Lipinski definition) is 8. The first-order valence-electron chi connectivity index (χ1n) is 12.6. The molecule has 0 aliphatic carbocycles. The van der Waals surface area contributed by atoms with E-state index in [0.717, 1.165) is 70.3 Å². The van der Waals surface area contributed by atoms with Crippen LogP contribution < -0.4 is 4.90 Å². The summed E-state index contributed by atoms with van der Waals surface area (Å²) in [4.78, 5) is 44.4. The number of aromatic nitrogens is 1. The standard InChI is InChI=1S/C26H27ClN4O3S.CH2O2/c27-17-10-16-2-1-7-30(18-13-29(14-18)8-9-32)25(16)21(11-17)20-5-6-28-22-12-19(35-26(20)22)15-31-23(33)3-4-24(31)34;2-1-3/h5-6,10-12,18,32H,1-4,7-9,13-15H2;1H,(H,2,3). The van der Waals surface area contributed by atoms with Gasteiger partial charge in [0.05, 0.1) is 29.4 Å². The van der Waals surface area contributed by atoms with Gasteiger partial charge in [-0.25, -0.2) is 0 Å². The molecule has 9 nitrogen and oxygen atoms in total. The van der Waals surface area contributed by atoms with E-state index in [0.29, 0.717) is 25.4 Å². The molecule has 6 rings (SSSR count). The monoisotopic (exact) mass is 556 g/mol. The highest BCUT2D eigenvalue weighted by Crippen LogP contribution is 2.45. The van der Waals surface area contributed by atoms with Crippen LogP contribution in [0.2, 0.25) is 5.02 Å². The maximum atomic E-state index is 12.1. The number of halogens is 1. The number of aliphatic hydroxyl groups is 1. The summed E-state index contributed by atoms with van der Waals surface area (Å²) < 4.78 is 1.05. The maximum Gasteiger partial charge on any atom is 0.290 e. The molecule has 0 atom stereocenters. The SMILES string of the molecule is O=C1CCC(=O)N1Cc1cc2nccc(-c3cc(Cl)cc4c3N(C3CN(CCO)C3)CCC4)c2s1.O=CO. The van der Waals surface area contributed by atoms with Crippen molar-refractivity contribution in [2.45, 2.75) is 38.3 Å². The van der Waals surface area contributed by atoms with Gasteiger partial charge in [0.1, 0.15) is 0 Å². The van der Waals surface area contributed by atoms with Gasteiger partial charge in [0.2, 0.25) is 11.8 Å². The number of nitrogens with zero attached hydrogens (tertiary/aromatic N) is 4. The fourth-order valence-corrected chi connectivity index (χ4v) is 6.98. The molecule has 3 aliphatic rings. The van der Waals surface area contributed by atoms with Gasteiger partial charge in [-0.05, 0) is 42.7 Å². The Morgan fingerprint density at radius 2 is 1.84 bits per heavy atom. The molecule has 0 bridgehead atoms. The van der Waals surface area contributed by atoms with Crippen LogP contribution in [0.3, 0.4) is 0 Å². The van der Waals surface area contributed by atoms with Crippen molar-refractivity contribution in [1.29, 1.82) is 0 Å². The molecule has 2 N–H and O–H groups in total. The lowest BCUT2D eigenvalue weighted by atomic mass is 9.91. The highest BCUT2D eigenvalue weighted by molar-refractivity contribution is 7.19. The third-order valence-corrected chi connectivity index (χ3v) is 8.66. The van der Waals surface area contributed by atoms with Gasteiger partial charge in [-0.2, -0.15) is 0 Å². The van der Waals surface area contributed by atoms with Crippen molar-refractivity contribution in [3.8, 4) is 11.1 Å². The molecule has 200 valence electrons. The molecule has 11 heteroatoms. The van der Waals surface area contributed by atoms with E-state index in [-0.39, 0.29) is 24.9 Å². The first-order valence-corrected chi connectivity index (χ1v) is 13.8. The number of amides is 2. The van der Waals surface area contributed by atoms with Crippen molar-refractivity contribution < 1.29 is 24.6 Å². The van der Waals surface area contributed by atoms with Crippen LogP contribution in [0.1, 0.15) is 29.7 Å². The van der Waals surface area contributed by atoms with Crippen LogP contribution in [-0.2, 0) is 27.3 Å². The Balaban J connectivity index is 0.000000937. The Kier molecular flexibility index (Phi) is 7.94. The minimum Gasteiger partial charge on any atom is -0.483 e. The molecule has 5 heterocycles. The summed E-state index contributed by atoms with van der Waals surface area (Å²) in [6.45, 7) is 3.87. The number of imide groups is 1. The van der Waals surface area contributed by atoms with Crippen LogP contribution in [-0.4, -0.2) is 82.1 Å². The summed E-state index contributed by atoms with van der Waals surface area (Å²) >= 11 is 8.22. The van der Waals surface area contributed by atoms with E-state index in [2.05, 4.69) is 26.9 Å². The summed E-state index contributed by atoms with van der Waals surface area (Å²) in [7, 11) is 0. The quantitative estimate of drug-likeness (QED) is 0.351. The maximum absolute atomic E-state index is 12.1. The summed E-state index contributed by atoms with van der Waals surface area (Å²) in [5, 5.41) is 16.9. The van der Waals surface area contributed by atoms with Gasteiger partial charge in [-0.1, -0.05) is 11.6 Å². The molecule has 3 aromatic rings. The van der Waals surface area contributed by atoms with E-state index in [9.17, 15) is 14.7 Å². The molecule has 2 saturated heterocycles. The zero-order valence-electron chi connectivity index (χ0n) is 20.8. The van der Waals surface area contributed by atoms with Crippen LogP contribution in [0, 0.1) is 0 Å². The molecule has 0 radical (unpaired) electrons. The molecule has 1 aromatic carbocycles. The van der Waals surface area contributed by atoms with Gasteiger partial charge < -0.3 is 15.1 Å². The van der Waals surface area contributed by atoms with Gasteiger partial charge in [0, 0.05) is 71.9 Å². The topological polar surface area (TPSA) is 114 Å². The zero-order chi connectivity index (χ0) is 26.8. The number of aryl methyl sites for hydroxylation is 1. The second-order valence-electron chi connectivity index (χ2n) is 9.66. The number of aliphatic hydroxyl groups excluding tert-OH is 1. The van der Waals surface area contributed by atoms with E-state index in [4.69, 9.17) is 21.5 Å². The summed E-state index contributed by atoms with van der Waals surface area (Å²) in [6, 6.07) is 8.62. The molecular formula is C27H29ClN4O5S. The van der Waals surface area contributed by atoms with Crippen LogP contribution in [0.4, 0.5) is 5.69 Å². The molecule has 2 fully saturated rings. The fraction of sp³-hybridized carbons (Fsp3) is 0.407. The Bertz CT molecular complexity index is 1360. The summed E-state index contributed by atoms with van der Waals surface area (Å²) in [5.74, 6) is -0.202. The number of rotatable bonds is 6. The number of benzene rings is 1. The van der Waals surface area contributed by atoms with Crippen molar-refractivity contribution in [2.24, 2.45) is 0 Å². The lowest BCUT2D eigenvalue weighted by Crippen LogP contribution is -2.61. The molecule has 3 aliphatic heterocycles. The Morgan fingerprint density at radius 3 is 2.55 bits per heavy atom. The van der Waals surface area contributed by atoms with Crippen molar-refractivity contribution in [1.82, 2.24) is 14.8 Å². The minimum absolute atomic E-state index is 0.101. The molecule has 0 spiro atoms. The van der Waals surface area contributed by atoms with Crippen LogP contribution >= 0.6 is 22.9 Å². The van der Waals surface area contributed by atoms with E-state index < -0.39 is 0 Å². The van der Waals surface area contributed by atoms with Crippen molar-refractivity contribution in [3.63, 3.8) is 0 Å². The summed E-state index contributed by atoms with van der Waals surface area (Å²) in [5.41, 5.74) is 5.59. The van der Waals surface area contributed by atoms with Crippen molar-refractivity contribution in [2.75, 3.05) is 37.7 Å². The number of anilines is 1. The number of carbonyl (C=O) groups is 3. The first-order chi connectivity index (χ1) is 18.4. The second-order valence-corrected chi connectivity index (χ2v) is 11.2. The van der Waals surface area contributed by atoms with Crippen LogP contribution in [0.15, 0.2) is 30.5 Å². The Morgan fingerprint density at radius 1 is 1.11 bits per heavy atom. The van der Waals surface area contributed by atoms with Gasteiger partial charge in [0.15, 0.2) is 0 Å². The normalized spacial score (nSPS) is 17.8. The number of fused-ring (bicyclic) bond motifs is 2. The second kappa shape index (κ2) is 11.4. The fourth-order valence-electron chi connectivity index (χ4n) is 5.60. The molecule has 2 amide bonds. The minimum atomic E-state index is -0.250. The first kappa shape index (κ1) is 26.6. The average Bonchev–Trinajstić information content (AvgIpc) is 3.43. The number of hydrogen-bond donors (Lipinski definition) is 2. The van der Waals surface area contributed by atoms with E-state index in [1.165, 1.54) is 16.2 Å². The average molecular weight is 557 g/mol. The van der Waals surface area contributed by atoms with Crippen LogP contribution in [0.5, 0.6) is 0 Å². The highest BCUT2D eigenvalue weighted by Gasteiger charge is 2.35. The molecule has 38 heavy (non-hydrogen) atoms. The van der Waals surface area contributed by atoms with Gasteiger partial charge in [-0.3, -0.25) is 29.2 Å². The van der Waals surface area contributed by atoms with Gasteiger partial charge in [-0.15, -0.1) is 11.3 Å². The van der Waals surface area contributed by atoms with E-state index in [1.54, 1.807) is 11.3 Å². The highest BCUT2D eigenvalue weighted by atomic mass is 35.5. The van der Waals surface area contributed by atoms with Crippen molar-refractivity contribution in [3.05, 3.63) is 45.9 Å². The smallest absolute Gasteiger partial charge is 0.290 e. The van der Waals surface area contributed by atoms with Gasteiger partial charge in [0.25, 0.3) is 6.47 Å².